The maximum atomic E-state index is 14.5. The van der Waals surface area contributed by atoms with Crippen molar-refractivity contribution < 1.29 is 25.3 Å². The van der Waals surface area contributed by atoms with E-state index in [9.17, 15) is 25.3 Å². The van der Waals surface area contributed by atoms with Crippen LogP contribution in [-0.4, -0.2) is 98.0 Å². The first-order valence-electron chi connectivity index (χ1n) is 19.1. The Morgan fingerprint density at radius 2 is 0.724 bits per heavy atom. The Bertz CT molecular complexity index is 2780. The molecule has 15 heteroatoms. The number of anilines is 3. The molecule has 0 spiro atoms. The quantitative estimate of drug-likeness (QED) is 0.0934. The third kappa shape index (κ3) is 8.94. The Morgan fingerprint density at radius 3 is 1.14 bits per heavy atom. The van der Waals surface area contributed by atoms with E-state index in [0.717, 1.165) is 33.2 Å². The predicted molar refractivity (Wildman–Crippen MR) is 238 cm³/mol. The van der Waals surface area contributed by atoms with Crippen molar-refractivity contribution in [3.63, 3.8) is 0 Å². The number of rotatable bonds is 18. The fraction of sp³-hybridized carbons (Fsp3) is 0.302. The zero-order chi connectivity index (χ0) is 41.8. The number of nitrogens with one attached hydrogen (secondary N) is 2. The van der Waals surface area contributed by atoms with Gasteiger partial charge in [0.1, 0.15) is 0 Å². The van der Waals surface area contributed by atoms with E-state index in [1.807, 2.05) is 112 Å². The Morgan fingerprint density at radius 1 is 0.397 bits per heavy atom. The second kappa shape index (κ2) is 17.6. The van der Waals surface area contributed by atoms with Crippen LogP contribution < -0.4 is 24.1 Å². The van der Waals surface area contributed by atoms with Gasteiger partial charge in [0, 0.05) is 118 Å². The second-order valence-corrected chi connectivity index (χ2v) is 20.2. The van der Waals surface area contributed by atoms with Crippen LogP contribution >= 0.6 is 0 Å². The molecule has 0 unspecified atom stereocenters. The van der Waals surface area contributed by atoms with E-state index in [2.05, 4.69) is 9.44 Å². The Balaban J connectivity index is 1.19. The summed E-state index contributed by atoms with van der Waals surface area (Å²) in [6.07, 6.45) is 0.913. The fourth-order valence-corrected chi connectivity index (χ4v) is 11.7. The van der Waals surface area contributed by atoms with Crippen LogP contribution in [0.15, 0.2) is 124 Å². The van der Waals surface area contributed by atoms with E-state index >= 15 is 0 Å². The van der Waals surface area contributed by atoms with Gasteiger partial charge in [-0.15, -0.1) is 0 Å². The molecule has 0 atom stereocenters. The van der Waals surface area contributed by atoms with Gasteiger partial charge in [0.2, 0.25) is 30.1 Å². The van der Waals surface area contributed by atoms with Crippen LogP contribution in [0.4, 0.5) is 17.1 Å². The van der Waals surface area contributed by atoms with Crippen molar-refractivity contribution in [2.75, 3.05) is 83.2 Å². The minimum Gasteiger partial charge on any atom is -0.377 e. The average Bonchev–Trinajstić information content (AvgIpc) is 3.19. The van der Waals surface area contributed by atoms with Gasteiger partial charge < -0.3 is 14.7 Å². The van der Waals surface area contributed by atoms with Crippen molar-refractivity contribution in [2.24, 2.45) is 0 Å². The van der Waals surface area contributed by atoms with Crippen molar-refractivity contribution in [2.45, 2.75) is 33.9 Å². The first kappa shape index (κ1) is 42.8. The van der Waals surface area contributed by atoms with Crippen LogP contribution in [0.2, 0.25) is 0 Å². The summed E-state index contributed by atoms with van der Waals surface area (Å²) >= 11 is 0. The molecule has 0 heterocycles. The van der Waals surface area contributed by atoms with Crippen molar-refractivity contribution >= 4 is 79.4 Å². The highest BCUT2D eigenvalue weighted by atomic mass is 32.2. The monoisotopic (exact) mass is 844 g/mol. The molecule has 308 valence electrons. The molecule has 0 saturated heterocycles. The molecule has 6 aromatic rings. The number of nitrogens with zero attached hydrogens (tertiary/aromatic N) is 4. The third-order valence-corrected chi connectivity index (χ3v) is 15.2. The number of hydrogen-bond donors (Lipinski definition) is 2. The maximum absolute atomic E-state index is 14.5. The molecule has 0 aliphatic carbocycles. The number of unbranched alkanes of at least 4 members (excludes halogenated alkanes) is 1. The van der Waals surface area contributed by atoms with Crippen LogP contribution in [0.5, 0.6) is 0 Å². The van der Waals surface area contributed by atoms with Crippen molar-refractivity contribution in [1.82, 2.24) is 13.7 Å². The minimum atomic E-state index is -4.08. The molecule has 0 aliphatic rings. The lowest BCUT2D eigenvalue weighted by molar-refractivity contribution is 0.394. The zero-order valence-electron chi connectivity index (χ0n) is 33.8. The highest BCUT2D eigenvalue weighted by Crippen LogP contribution is 2.33. The molecule has 0 saturated carbocycles. The molecule has 0 aliphatic heterocycles. The van der Waals surface area contributed by atoms with Gasteiger partial charge in [0.25, 0.3) is 0 Å². The first-order valence-corrected chi connectivity index (χ1v) is 23.5. The molecular weight excluding hydrogens is 793 g/mol. The van der Waals surface area contributed by atoms with Gasteiger partial charge in [-0.3, -0.25) is 0 Å². The Kier molecular flexibility index (Phi) is 13.0. The molecule has 0 fully saturated rings. The summed E-state index contributed by atoms with van der Waals surface area (Å²) in [5.74, 6) is 0. The van der Waals surface area contributed by atoms with Gasteiger partial charge in [-0.2, -0.15) is 4.31 Å². The lowest BCUT2D eigenvalue weighted by atomic mass is 10.1. The smallest absolute Gasteiger partial charge is 0.243 e. The average molecular weight is 845 g/mol. The molecule has 0 amide bonds. The Labute approximate surface area is 343 Å². The molecule has 6 aromatic carbocycles. The highest BCUT2D eigenvalue weighted by Gasteiger charge is 2.27. The van der Waals surface area contributed by atoms with Gasteiger partial charge in [-0.1, -0.05) is 72.8 Å². The van der Waals surface area contributed by atoms with E-state index in [4.69, 9.17) is 0 Å². The molecule has 2 N–H and O–H groups in total. The summed E-state index contributed by atoms with van der Waals surface area (Å²) in [4.78, 5) is 6.27. The van der Waals surface area contributed by atoms with E-state index in [-0.39, 0.29) is 47.3 Å². The summed E-state index contributed by atoms with van der Waals surface area (Å²) in [7, 11) is -0.495. The number of benzene rings is 6. The van der Waals surface area contributed by atoms with Crippen LogP contribution in [0.25, 0.3) is 32.3 Å². The Hall–Kier alpha value is -4.77. The van der Waals surface area contributed by atoms with E-state index < -0.39 is 30.1 Å². The topological polar surface area (TPSA) is 139 Å². The van der Waals surface area contributed by atoms with Crippen molar-refractivity contribution in [1.29, 1.82) is 0 Å². The lowest BCUT2D eigenvalue weighted by Gasteiger charge is -2.24. The molecule has 0 radical (unpaired) electrons. The van der Waals surface area contributed by atoms with Crippen LogP contribution in [-0.2, 0) is 30.1 Å². The number of sulfonamides is 3. The summed E-state index contributed by atoms with van der Waals surface area (Å²) in [5.41, 5.74) is 2.67. The molecule has 58 heavy (non-hydrogen) atoms. The normalized spacial score (nSPS) is 12.5. The van der Waals surface area contributed by atoms with E-state index in [0.29, 0.717) is 29.0 Å². The summed E-state index contributed by atoms with van der Waals surface area (Å²) < 4.78 is 90.3. The summed E-state index contributed by atoms with van der Waals surface area (Å²) in [6, 6.07) is 32.2. The number of fused-ring (bicyclic) bond motifs is 3. The van der Waals surface area contributed by atoms with Crippen molar-refractivity contribution in [3.8, 4) is 0 Å². The van der Waals surface area contributed by atoms with E-state index in [1.54, 1.807) is 54.6 Å². The van der Waals surface area contributed by atoms with Gasteiger partial charge in [0.15, 0.2) is 0 Å². The highest BCUT2D eigenvalue weighted by molar-refractivity contribution is 7.90. The van der Waals surface area contributed by atoms with Crippen LogP contribution in [0, 0.1) is 0 Å². The van der Waals surface area contributed by atoms with Gasteiger partial charge >= 0.3 is 0 Å². The standard InChI is InChI=1S/C43H52N6O6S3/c1-46(2)38-22-9-19-35-32(38)16-12-25-41(35)56(50,51)44-28-7-8-30-49(58(54,55)43-27-14-18-34-37(43)21-11-24-40(34)48(5)6)31-15-29-45-57(52,53)42-26-13-17-33-36(42)20-10-23-39(33)47(3)4/h9-14,16-27,44-45H,7-8,15,28-31H2,1-6H3. The van der Waals surface area contributed by atoms with Gasteiger partial charge in [-0.05, 0) is 55.7 Å². The fourth-order valence-electron chi connectivity index (χ4n) is 7.39. The predicted octanol–water partition coefficient (Wildman–Crippen LogP) is 6.46. The van der Waals surface area contributed by atoms with E-state index in [1.165, 1.54) is 4.31 Å². The maximum Gasteiger partial charge on any atom is 0.243 e. The largest absolute Gasteiger partial charge is 0.377 e. The first-order chi connectivity index (χ1) is 27.5. The van der Waals surface area contributed by atoms with Crippen LogP contribution in [0.3, 0.4) is 0 Å². The van der Waals surface area contributed by atoms with Crippen LogP contribution in [0.1, 0.15) is 19.3 Å². The molecular formula is C43H52N6O6S3. The third-order valence-electron chi connectivity index (χ3n) is 10.2. The summed E-state index contributed by atoms with van der Waals surface area (Å²) in [5, 5.41) is 4.19. The van der Waals surface area contributed by atoms with Crippen molar-refractivity contribution in [3.05, 3.63) is 109 Å². The molecule has 12 nitrogen and oxygen atoms in total. The van der Waals surface area contributed by atoms with Gasteiger partial charge in [-0.25, -0.2) is 34.7 Å². The minimum absolute atomic E-state index is 0.00120. The number of hydrogen-bond acceptors (Lipinski definition) is 9. The molecule has 0 aromatic heterocycles. The second-order valence-electron chi connectivity index (χ2n) is 14.8. The summed E-state index contributed by atoms with van der Waals surface area (Å²) in [6.45, 7) is 0.224. The zero-order valence-corrected chi connectivity index (χ0v) is 36.3. The molecule has 6 rings (SSSR count). The van der Waals surface area contributed by atoms with Gasteiger partial charge in [0.05, 0.1) is 14.7 Å². The molecule has 0 bridgehead atoms. The SMILES string of the molecule is CN(C)c1cccc2c(S(=O)(=O)NCCCCN(CCCNS(=O)(=O)c3cccc4c(N(C)C)cccc34)S(=O)(=O)c3cccc4c(N(C)C)cccc34)cccc12. The lowest BCUT2D eigenvalue weighted by Crippen LogP contribution is -2.35.